The van der Waals surface area contributed by atoms with Crippen molar-refractivity contribution in [3.8, 4) is 12.1 Å². The molecule has 438 valence electrons. The van der Waals surface area contributed by atoms with Gasteiger partial charge < -0.3 is 47.2 Å². The van der Waals surface area contributed by atoms with Crippen LogP contribution in [0.3, 0.4) is 0 Å². The van der Waals surface area contributed by atoms with Crippen molar-refractivity contribution in [3.05, 3.63) is 136 Å². The third-order valence-electron chi connectivity index (χ3n) is 18.2. The Labute approximate surface area is 498 Å². The normalized spacial score (nSPS) is 24.8. The summed E-state index contributed by atoms with van der Waals surface area (Å²) in [5.74, 6) is 0. The SMILES string of the molecule is CC1(C)OB(B2OC(C)(C)C(C)(C)O2)OC1(C)C.C[C@@H](c1ccc(B2OC(C)(C)C(C)(C)O2)cc1)N1CC[C@](CC(C)(C)C#N)(c2ccccc2)OC1=O.C[C@@H](c1ccc(Br)cc1)N1CC[C@](CC(C)(C)C#N)(c2ccccc2)OC1=O. The molecule has 18 heteroatoms. The van der Waals surface area contributed by atoms with Crippen molar-refractivity contribution in [1.29, 1.82) is 10.5 Å². The number of carbonyl (C=O) groups is 2. The highest BCUT2D eigenvalue weighted by molar-refractivity contribution is 9.10. The van der Waals surface area contributed by atoms with Gasteiger partial charge in [0.2, 0.25) is 0 Å². The third-order valence-corrected chi connectivity index (χ3v) is 18.7. The van der Waals surface area contributed by atoms with Gasteiger partial charge in [0, 0.05) is 43.2 Å². The standard InChI is InChI=1S/C29H37BN2O4.C23H25BrN2O2.C12H24B2O4/c1-21(22-13-15-24(16-14-22)30-35-27(4,5)28(6,7)36-30)32-18-17-29(34-25(32)33,19-26(2,3)20-31)23-11-9-8-10-12-23;1-17(18-9-11-20(24)12-10-18)26-14-13-23(28-21(26)27,15-22(2,3)16-25)19-7-5-4-6-8-19;1-9(2)10(3,4)16-13(15-9)14-17-11(5,6)12(7,8)18-14/h8-16,21H,17-19H2,1-7H3;4-12,17H,13-15H2,1-3H3;1-8H3/t21-,29-;17-,23-;/m00./s1. The largest absolute Gasteiger partial charge is 0.494 e. The number of rotatable bonds is 12. The molecule has 82 heavy (non-hydrogen) atoms. The van der Waals surface area contributed by atoms with Crippen LogP contribution in [0.25, 0.3) is 0 Å². The quantitative estimate of drug-likeness (QED) is 0.124. The minimum atomic E-state index is -0.825. The molecule has 0 aromatic heterocycles. The van der Waals surface area contributed by atoms with Crippen molar-refractivity contribution in [2.24, 2.45) is 10.8 Å². The summed E-state index contributed by atoms with van der Waals surface area (Å²) in [7, 11) is -1.37. The van der Waals surface area contributed by atoms with E-state index in [1.807, 2.05) is 234 Å². The van der Waals surface area contributed by atoms with E-state index in [4.69, 9.17) is 37.4 Å². The van der Waals surface area contributed by atoms with Gasteiger partial charge in [-0.2, -0.15) is 10.5 Å². The fraction of sp³-hybridized carbons (Fsp3) is 0.562. The van der Waals surface area contributed by atoms with Crippen LogP contribution in [0.4, 0.5) is 9.59 Å². The average molecular weight is 1180 g/mol. The Hall–Kier alpha value is -5.17. The summed E-state index contributed by atoms with van der Waals surface area (Å²) in [5.41, 5.74) is -0.174. The Balaban J connectivity index is 0.000000187. The van der Waals surface area contributed by atoms with Crippen molar-refractivity contribution >= 4 is 54.7 Å². The van der Waals surface area contributed by atoms with Crippen LogP contribution in [-0.4, -0.2) is 89.8 Å². The summed E-state index contributed by atoms with van der Waals surface area (Å²) >= 11 is 3.45. The molecule has 2 amide bonds. The molecule has 5 fully saturated rings. The molecule has 0 unspecified atom stereocenters. The molecular formula is C64H86B3BrN4O10. The van der Waals surface area contributed by atoms with Crippen molar-refractivity contribution in [2.75, 3.05) is 13.1 Å². The lowest BCUT2D eigenvalue weighted by atomic mass is 9.49. The number of halogens is 1. The molecular weight excluding hydrogens is 1100 g/mol. The third kappa shape index (κ3) is 13.8. The zero-order valence-corrected chi connectivity index (χ0v) is 53.4. The number of nitriles is 2. The van der Waals surface area contributed by atoms with Gasteiger partial charge in [0.05, 0.1) is 68.7 Å². The molecule has 4 atom stereocenters. The number of hydrogen-bond acceptors (Lipinski definition) is 12. The summed E-state index contributed by atoms with van der Waals surface area (Å²) in [6.45, 7) is 37.1. The van der Waals surface area contributed by atoms with E-state index in [2.05, 4.69) is 28.1 Å². The Morgan fingerprint density at radius 2 is 0.805 bits per heavy atom. The van der Waals surface area contributed by atoms with Gasteiger partial charge in [0.1, 0.15) is 11.2 Å². The summed E-state index contributed by atoms with van der Waals surface area (Å²) in [6, 6.07) is 40.1. The Bertz CT molecular complexity index is 2880. The Morgan fingerprint density at radius 1 is 0.500 bits per heavy atom. The number of nitrogens with zero attached hydrogens (tertiary/aromatic N) is 4. The predicted octanol–water partition coefficient (Wildman–Crippen LogP) is 14.2. The van der Waals surface area contributed by atoms with Crippen molar-refractivity contribution in [3.63, 3.8) is 0 Å². The van der Waals surface area contributed by atoms with Crippen LogP contribution < -0.4 is 5.46 Å². The molecule has 0 aliphatic carbocycles. The average Bonchev–Trinajstić information content (AvgIpc) is 2.19. The zero-order chi connectivity index (χ0) is 60.7. The molecule has 0 bridgehead atoms. The molecule has 5 aliphatic rings. The van der Waals surface area contributed by atoms with Crippen LogP contribution in [-0.2, 0) is 48.6 Å². The van der Waals surface area contributed by atoms with E-state index in [9.17, 15) is 20.1 Å². The fourth-order valence-corrected chi connectivity index (χ4v) is 11.2. The summed E-state index contributed by atoms with van der Waals surface area (Å²) < 4.78 is 49.5. The fourth-order valence-electron chi connectivity index (χ4n) is 10.9. The van der Waals surface area contributed by atoms with E-state index in [0.29, 0.717) is 38.8 Å². The minimum Gasteiger partial charge on any atom is -0.438 e. The van der Waals surface area contributed by atoms with Crippen LogP contribution in [0.2, 0.25) is 0 Å². The smallest absolute Gasteiger partial charge is 0.438 e. The molecule has 0 N–H and O–H groups in total. The monoisotopic (exact) mass is 1180 g/mol. The highest BCUT2D eigenvalue weighted by Gasteiger charge is 2.64. The van der Waals surface area contributed by atoms with Crippen molar-refractivity contribution < 1.29 is 47.0 Å². The van der Waals surface area contributed by atoms with Gasteiger partial charge in [-0.3, -0.25) is 0 Å². The first-order valence-corrected chi connectivity index (χ1v) is 29.6. The first kappa shape index (κ1) is 64.4. The first-order valence-electron chi connectivity index (χ1n) is 28.8. The van der Waals surface area contributed by atoms with Crippen molar-refractivity contribution in [1.82, 2.24) is 9.80 Å². The maximum Gasteiger partial charge on any atom is 0.494 e. The minimum absolute atomic E-state index is 0.0849. The molecule has 5 aliphatic heterocycles. The number of hydrogen-bond donors (Lipinski definition) is 0. The second-order valence-corrected chi connectivity index (χ2v) is 28.0. The van der Waals surface area contributed by atoms with Crippen molar-refractivity contribution in [2.45, 2.75) is 207 Å². The lowest BCUT2D eigenvalue weighted by Crippen LogP contribution is -2.50. The van der Waals surface area contributed by atoms with Crippen LogP contribution >= 0.6 is 15.9 Å². The van der Waals surface area contributed by atoms with Crippen LogP contribution in [0.15, 0.2) is 114 Å². The molecule has 5 heterocycles. The van der Waals surface area contributed by atoms with E-state index in [-0.39, 0.29) is 46.7 Å². The molecule has 0 saturated carbocycles. The van der Waals surface area contributed by atoms with Crippen LogP contribution in [0.5, 0.6) is 0 Å². The molecule has 4 aromatic carbocycles. The number of benzene rings is 4. The second-order valence-electron chi connectivity index (χ2n) is 27.1. The van der Waals surface area contributed by atoms with Gasteiger partial charge >= 0.3 is 33.3 Å². The maximum atomic E-state index is 13.4. The molecule has 14 nitrogen and oxygen atoms in total. The van der Waals surface area contributed by atoms with E-state index in [0.717, 1.165) is 32.2 Å². The van der Waals surface area contributed by atoms with Gasteiger partial charge in [-0.25, -0.2) is 9.59 Å². The van der Waals surface area contributed by atoms with Gasteiger partial charge in [0.25, 0.3) is 0 Å². The summed E-state index contributed by atoms with van der Waals surface area (Å²) in [5, 5.41) is 19.2. The highest BCUT2D eigenvalue weighted by Crippen LogP contribution is 2.47. The molecule has 0 radical (unpaired) electrons. The van der Waals surface area contributed by atoms with Crippen LogP contribution in [0, 0.1) is 33.5 Å². The van der Waals surface area contributed by atoms with E-state index in [1.165, 1.54) is 0 Å². The predicted molar refractivity (Wildman–Crippen MR) is 325 cm³/mol. The lowest BCUT2D eigenvalue weighted by molar-refractivity contribution is -0.0777. The number of cyclic esters (lactones) is 2. The Morgan fingerprint density at radius 3 is 1.11 bits per heavy atom. The first-order chi connectivity index (χ1) is 37.9. The maximum absolute atomic E-state index is 13.4. The van der Waals surface area contributed by atoms with E-state index < -0.39 is 54.4 Å². The van der Waals surface area contributed by atoms with E-state index in [1.54, 1.807) is 9.80 Å². The highest BCUT2D eigenvalue weighted by atomic mass is 79.9. The molecule has 4 aromatic rings. The van der Waals surface area contributed by atoms with Gasteiger partial charge in [0.15, 0.2) is 0 Å². The van der Waals surface area contributed by atoms with Gasteiger partial charge in [-0.1, -0.05) is 113 Å². The summed E-state index contributed by atoms with van der Waals surface area (Å²) in [6.07, 6.45) is 1.48. The summed E-state index contributed by atoms with van der Waals surface area (Å²) in [4.78, 5) is 30.0. The molecule has 5 saturated heterocycles. The van der Waals surface area contributed by atoms with Gasteiger partial charge in [-0.15, -0.1) is 0 Å². The van der Waals surface area contributed by atoms with E-state index >= 15 is 0 Å². The lowest BCUT2D eigenvalue weighted by Gasteiger charge is -2.45. The number of amides is 2. The molecule has 0 spiro atoms. The van der Waals surface area contributed by atoms with Crippen LogP contribution in [0.1, 0.15) is 185 Å². The number of carbonyl (C=O) groups excluding carboxylic acids is 2. The molecule has 9 rings (SSSR count). The van der Waals surface area contributed by atoms with Gasteiger partial charge in [-0.05, 0) is 164 Å². The zero-order valence-electron chi connectivity index (χ0n) is 51.8. The second kappa shape index (κ2) is 23.7. The Kier molecular flexibility index (Phi) is 18.6. The number of ether oxygens (including phenoxy) is 2. The topological polar surface area (TPSA) is 162 Å².